The third kappa shape index (κ3) is 5.57. The fourth-order valence-corrected chi connectivity index (χ4v) is 5.17. The molecule has 0 aromatic heterocycles. The van der Waals surface area contributed by atoms with Crippen molar-refractivity contribution in [1.29, 1.82) is 0 Å². The van der Waals surface area contributed by atoms with E-state index in [0.717, 1.165) is 55.2 Å². The molecule has 31 heavy (non-hydrogen) atoms. The summed E-state index contributed by atoms with van der Waals surface area (Å²) < 4.78 is 0. The average molecular weight is 415 g/mol. The van der Waals surface area contributed by atoms with Gasteiger partial charge < -0.3 is 4.90 Å². The molecule has 2 aliphatic rings. The van der Waals surface area contributed by atoms with Gasteiger partial charge in [0.15, 0.2) is 0 Å². The minimum absolute atomic E-state index is 0.154. The van der Waals surface area contributed by atoms with Crippen LogP contribution in [-0.2, 0) is 0 Å². The zero-order chi connectivity index (χ0) is 21.5. The monoisotopic (exact) mass is 414 g/mol. The number of carbonyl (C=O) groups is 1. The van der Waals surface area contributed by atoms with E-state index < -0.39 is 0 Å². The van der Waals surface area contributed by atoms with Crippen molar-refractivity contribution in [1.82, 2.24) is 9.80 Å². The van der Waals surface area contributed by atoms with Crippen molar-refractivity contribution >= 4 is 5.91 Å². The van der Waals surface area contributed by atoms with Gasteiger partial charge in [0.05, 0.1) is 0 Å². The maximum absolute atomic E-state index is 13.0. The Labute approximate surface area is 187 Å². The molecule has 4 rings (SSSR count). The summed E-state index contributed by atoms with van der Waals surface area (Å²) in [7, 11) is 0. The number of hydrogen-bond donors (Lipinski definition) is 0. The van der Waals surface area contributed by atoms with Gasteiger partial charge in [-0.2, -0.15) is 0 Å². The Morgan fingerprint density at radius 3 is 2.03 bits per heavy atom. The van der Waals surface area contributed by atoms with Crippen LogP contribution in [0.3, 0.4) is 0 Å². The first-order valence-electron chi connectivity index (χ1n) is 12.0. The molecule has 0 bridgehead atoms. The van der Waals surface area contributed by atoms with Crippen molar-refractivity contribution in [3.63, 3.8) is 0 Å². The minimum atomic E-state index is 0.154. The average Bonchev–Trinajstić information content (AvgIpc) is 2.85. The lowest BCUT2D eigenvalue weighted by Gasteiger charge is -2.43. The van der Waals surface area contributed by atoms with Gasteiger partial charge in [-0.25, -0.2) is 0 Å². The summed E-state index contributed by atoms with van der Waals surface area (Å²) in [5.41, 5.74) is 2.70. The SMILES string of the molecule is CCN(C1CCCCC1)C1CCN(C(=O)c2ccc(C#Cc3ccccc3)cc2)CC1. The highest BCUT2D eigenvalue weighted by Crippen LogP contribution is 2.28. The number of piperidine rings is 1. The quantitative estimate of drug-likeness (QED) is 0.630. The molecule has 1 aliphatic heterocycles. The number of hydrogen-bond acceptors (Lipinski definition) is 2. The molecule has 1 aliphatic carbocycles. The van der Waals surface area contributed by atoms with Gasteiger partial charge >= 0.3 is 0 Å². The van der Waals surface area contributed by atoms with Gasteiger partial charge in [-0.15, -0.1) is 0 Å². The van der Waals surface area contributed by atoms with Crippen LogP contribution < -0.4 is 0 Å². The molecule has 162 valence electrons. The predicted octanol–water partition coefficient (Wildman–Crippen LogP) is 5.35. The Hall–Kier alpha value is -2.57. The molecule has 1 heterocycles. The van der Waals surface area contributed by atoms with Crippen LogP contribution >= 0.6 is 0 Å². The van der Waals surface area contributed by atoms with E-state index in [-0.39, 0.29) is 5.91 Å². The number of amides is 1. The van der Waals surface area contributed by atoms with Gasteiger partial charge in [-0.3, -0.25) is 9.69 Å². The minimum Gasteiger partial charge on any atom is -0.339 e. The molecular weight excluding hydrogens is 380 g/mol. The van der Waals surface area contributed by atoms with Gasteiger partial charge in [0, 0.05) is 41.9 Å². The lowest BCUT2D eigenvalue weighted by molar-refractivity contribution is 0.0486. The fourth-order valence-electron chi connectivity index (χ4n) is 5.17. The molecule has 0 spiro atoms. The lowest BCUT2D eigenvalue weighted by Crippen LogP contribution is -2.50. The zero-order valence-corrected chi connectivity index (χ0v) is 18.7. The third-order valence-electron chi connectivity index (χ3n) is 6.89. The first kappa shape index (κ1) is 21.7. The Bertz CT molecular complexity index is 896. The fraction of sp³-hybridized carbons (Fsp3) is 0.464. The molecule has 2 aromatic rings. The van der Waals surface area contributed by atoms with Gasteiger partial charge in [-0.05, 0) is 68.6 Å². The summed E-state index contributed by atoms with van der Waals surface area (Å²) in [5.74, 6) is 6.51. The van der Waals surface area contributed by atoms with Crippen LogP contribution in [0.5, 0.6) is 0 Å². The lowest BCUT2D eigenvalue weighted by atomic mass is 9.91. The van der Waals surface area contributed by atoms with E-state index in [1.165, 1.54) is 32.1 Å². The van der Waals surface area contributed by atoms with Crippen LogP contribution in [0.15, 0.2) is 54.6 Å². The van der Waals surface area contributed by atoms with Crippen molar-refractivity contribution in [2.45, 2.75) is 64.0 Å². The van der Waals surface area contributed by atoms with Crippen LogP contribution in [0.25, 0.3) is 0 Å². The molecule has 3 nitrogen and oxygen atoms in total. The smallest absolute Gasteiger partial charge is 0.253 e. The molecule has 0 radical (unpaired) electrons. The van der Waals surface area contributed by atoms with Crippen LogP contribution in [0.2, 0.25) is 0 Å². The van der Waals surface area contributed by atoms with Crippen molar-refractivity contribution < 1.29 is 4.79 Å². The Morgan fingerprint density at radius 1 is 0.839 bits per heavy atom. The number of carbonyl (C=O) groups excluding carboxylic acids is 1. The molecule has 0 atom stereocenters. The highest BCUT2D eigenvalue weighted by Gasteiger charge is 2.30. The number of rotatable bonds is 4. The standard InChI is InChI=1S/C28H34N2O/c1-2-30(26-11-7-4-8-12-26)27-19-21-29(22-20-27)28(31)25-17-15-24(16-18-25)14-13-23-9-5-3-6-10-23/h3,5-6,9-10,15-18,26-27H,2,4,7-8,11-12,19-22H2,1H3. The largest absolute Gasteiger partial charge is 0.339 e. The van der Waals surface area contributed by atoms with Crippen molar-refractivity contribution in [3.8, 4) is 11.8 Å². The Morgan fingerprint density at radius 2 is 1.42 bits per heavy atom. The molecule has 2 aromatic carbocycles. The summed E-state index contributed by atoms with van der Waals surface area (Å²) in [5, 5.41) is 0. The van der Waals surface area contributed by atoms with Gasteiger partial charge in [0.25, 0.3) is 5.91 Å². The van der Waals surface area contributed by atoms with E-state index >= 15 is 0 Å². The van der Waals surface area contributed by atoms with E-state index in [1.54, 1.807) is 0 Å². The van der Waals surface area contributed by atoms with E-state index in [0.29, 0.717) is 6.04 Å². The van der Waals surface area contributed by atoms with E-state index in [1.807, 2.05) is 59.5 Å². The van der Waals surface area contributed by atoms with Crippen molar-refractivity contribution in [2.75, 3.05) is 19.6 Å². The van der Waals surface area contributed by atoms with Crippen molar-refractivity contribution in [2.24, 2.45) is 0 Å². The van der Waals surface area contributed by atoms with Crippen LogP contribution in [0.4, 0.5) is 0 Å². The summed E-state index contributed by atoms with van der Waals surface area (Å²) in [6, 6.07) is 19.1. The highest BCUT2D eigenvalue weighted by atomic mass is 16.2. The summed E-state index contributed by atoms with van der Waals surface area (Å²) in [6.45, 7) is 5.16. The second-order valence-electron chi connectivity index (χ2n) is 8.84. The second-order valence-corrected chi connectivity index (χ2v) is 8.84. The van der Waals surface area contributed by atoms with E-state index in [9.17, 15) is 4.79 Å². The van der Waals surface area contributed by atoms with Gasteiger partial charge in [0.2, 0.25) is 0 Å². The molecule has 0 N–H and O–H groups in total. The summed E-state index contributed by atoms with van der Waals surface area (Å²) in [4.78, 5) is 17.8. The van der Waals surface area contributed by atoms with Gasteiger partial charge in [-0.1, -0.05) is 56.2 Å². The number of likely N-dealkylation sites (tertiary alicyclic amines) is 1. The zero-order valence-electron chi connectivity index (χ0n) is 18.7. The molecule has 0 unspecified atom stereocenters. The molecule has 1 saturated carbocycles. The van der Waals surface area contributed by atoms with E-state index in [2.05, 4.69) is 23.7 Å². The molecule has 1 amide bonds. The topological polar surface area (TPSA) is 23.6 Å². The molecule has 1 saturated heterocycles. The number of benzene rings is 2. The number of nitrogens with zero attached hydrogens (tertiary/aromatic N) is 2. The normalized spacial score (nSPS) is 17.9. The molecule has 3 heteroatoms. The van der Waals surface area contributed by atoms with Crippen LogP contribution in [-0.4, -0.2) is 47.4 Å². The third-order valence-corrected chi connectivity index (χ3v) is 6.89. The summed E-state index contributed by atoms with van der Waals surface area (Å²) in [6.07, 6.45) is 9.05. The Balaban J connectivity index is 1.32. The molecular formula is C28H34N2O. The van der Waals surface area contributed by atoms with Crippen LogP contribution in [0, 0.1) is 11.8 Å². The van der Waals surface area contributed by atoms with Crippen LogP contribution in [0.1, 0.15) is 73.4 Å². The molecule has 2 fully saturated rings. The maximum atomic E-state index is 13.0. The predicted molar refractivity (Wildman–Crippen MR) is 127 cm³/mol. The maximum Gasteiger partial charge on any atom is 0.253 e. The summed E-state index contributed by atoms with van der Waals surface area (Å²) >= 11 is 0. The first-order chi connectivity index (χ1) is 15.2. The second kappa shape index (κ2) is 10.6. The van der Waals surface area contributed by atoms with Crippen molar-refractivity contribution in [3.05, 3.63) is 71.3 Å². The Kier molecular flexibility index (Phi) is 7.43. The highest BCUT2D eigenvalue weighted by molar-refractivity contribution is 5.94. The van der Waals surface area contributed by atoms with Gasteiger partial charge in [0.1, 0.15) is 0 Å². The van der Waals surface area contributed by atoms with E-state index in [4.69, 9.17) is 0 Å². The first-order valence-corrected chi connectivity index (χ1v) is 12.0.